The van der Waals surface area contributed by atoms with E-state index in [1.807, 2.05) is 6.92 Å². The van der Waals surface area contributed by atoms with E-state index >= 15 is 0 Å². The van der Waals surface area contributed by atoms with E-state index < -0.39 is 0 Å². The molecule has 18 heavy (non-hydrogen) atoms. The Morgan fingerprint density at radius 1 is 1.39 bits per heavy atom. The number of carbonyl (C=O) groups excluding carboxylic acids is 1. The van der Waals surface area contributed by atoms with Crippen LogP contribution in [0, 0.1) is 0 Å². The third-order valence-corrected chi connectivity index (χ3v) is 2.52. The van der Waals surface area contributed by atoms with Crippen LogP contribution in [-0.2, 0) is 4.74 Å². The van der Waals surface area contributed by atoms with Crippen molar-refractivity contribution < 1.29 is 9.53 Å². The fourth-order valence-electron chi connectivity index (χ4n) is 1.26. The average molecular weight is 269 g/mol. The fraction of sp³-hybridized carbons (Fsp3) is 0.385. The first kappa shape index (κ1) is 14.5. The maximum absolute atomic E-state index is 11.6. The number of amidine groups is 1. The van der Waals surface area contributed by atoms with Gasteiger partial charge in [0.1, 0.15) is 5.84 Å². The summed E-state index contributed by atoms with van der Waals surface area (Å²) in [5.41, 5.74) is 6.68. The van der Waals surface area contributed by atoms with Gasteiger partial charge in [0.25, 0.3) is 0 Å². The molecule has 1 aromatic carbocycles. The lowest BCUT2D eigenvalue weighted by atomic mass is 10.2. The number of hydrogen-bond acceptors (Lipinski definition) is 3. The zero-order chi connectivity index (χ0) is 13.4. The van der Waals surface area contributed by atoms with Gasteiger partial charge in [0.05, 0.1) is 23.7 Å². The highest BCUT2D eigenvalue weighted by molar-refractivity contribution is 6.28. The quantitative estimate of drug-likeness (QED) is 0.284. The van der Waals surface area contributed by atoms with E-state index in [0.717, 1.165) is 12.8 Å². The van der Waals surface area contributed by atoms with Gasteiger partial charge in [-0.1, -0.05) is 13.3 Å². The maximum atomic E-state index is 11.6. The number of aliphatic imine (C=N–C) groups is 1. The molecule has 0 aliphatic heterocycles. The predicted octanol–water partition coefficient (Wildman–Crippen LogP) is 2.87. The van der Waals surface area contributed by atoms with E-state index in [9.17, 15) is 4.79 Å². The summed E-state index contributed by atoms with van der Waals surface area (Å²) in [5, 5.41) is 0. The third-order valence-electron chi connectivity index (χ3n) is 2.24. The molecule has 0 amide bonds. The van der Waals surface area contributed by atoms with Crippen LogP contribution in [0.2, 0.25) is 0 Å². The topological polar surface area (TPSA) is 64.7 Å². The molecule has 0 unspecified atom stereocenters. The van der Waals surface area contributed by atoms with Crippen molar-refractivity contribution in [2.24, 2.45) is 10.7 Å². The zero-order valence-electron chi connectivity index (χ0n) is 10.4. The third kappa shape index (κ3) is 4.75. The molecule has 0 saturated carbocycles. The van der Waals surface area contributed by atoms with Crippen molar-refractivity contribution in [2.45, 2.75) is 19.8 Å². The number of carbonyl (C=O) groups is 1. The van der Waals surface area contributed by atoms with Crippen molar-refractivity contribution in [3.63, 3.8) is 0 Å². The van der Waals surface area contributed by atoms with Crippen LogP contribution in [0.3, 0.4) is 0 Å². The Balaban J connectivity index is 2.62. The first-order valence-electron chi connectivity index (χ1n) is 5.83. The van der Waals surface area contributed by atoms with Crippen molar-refractivity contribution in [1.29, 1.82) is 0 Å². The lowest BCUT2D eigenvalue weighted by Gasteiger charge is -2.04. The second kappa shape index (κ2) is 7.71. The molecule has 0 spiro atoms. The molecule has 98 valence electrons. The molecular weight excluding hydrogens is 252 g/mol. The summed E-state index contributed by atoms with van der Waals surface area (Å²) in [6.45, 7) is 2.50. The van der Waals surface area contributed by atoms with Gasteiger partial charge in [-0.2, -0.15) is 0 Å². The summed E-state index contributed by atoms with van der Waals surface area (Å²) in [4.78, 5) is 15.7. The van der Waals surface area contributed by atoms with E-state index in [1.165, 1.54) is 0 Å². The predicted molar refractivity (Wildman–Crippen MR) is 73.6 cm³/mol. The van der Waals surface area contributed by atoms with Gasteiger partial charge in [-0.25, -0.2) is 9.79 Å². The smallest absolute Gasteiger partial charge is 0.338 e. The van der Waals surface area contributed by atoms with Crippen LogP contribution in [0.4, 0.5) is 5.69 Å². The first-order chi connectivity index (χ1) is 8.67. The number of rotatable bonds is 6. The van der Waals surface area contributed by atoms with Gasteiger partial charge in [0.15, 0.2) is 0 Å². The van der Waals surface area contributed by atoms with E-state index in [2.05, 4.69) is 4.99 Å². The summed E-state index contributed by atoms with van der Waals surface area (Å²) in [6, 6.07) is 6.73. The molecule has 0 heterocycles. The molecule has 2 N–H and O–H groups in total. The SMILES string of the molecule is CCCCOC(=O)c1ccc(N=C(N)CCl)cc1. The lowest BCUT2D eigenvalue weighted by Crippen LogP contribution is -2.12. The number of esters is 1. The number of unbranched alkanes of at least 4 members (excludes halogenated alkanes) is 1. The van der Waals surface area contributed by atoms with E-state index in [1.54, 1.807) is 24.3 Å². The number of alkyl halides is 1. The highest BCUT2D eigenvalue weighted by Crippen LogP contribution is 2.14. The monoisotopic (exact) mass is 268 g/mol. The first-order valence-corrected chi connectivity index (χ1v) is 6.37. The maximum Gasteiger partial charge on any atom is 0.338 e. The van der Waals surface area contributed by atoms with Crippen molar-refractivity contribution in [2.75, 3.05) is 12.5 Å². The summed E-state index contributed by atoms with van der Waals surface area (Å²) >= 11 is 5.52. The van der Waals surface area contributed by atoms with Crippen molar-refractivity contribution in [1.82, 2.24) is 0 Å². The second-order valence-electron chi connectivity index (χ2n) is 3.77. The fourth-order valence-corrected chi connectivity index (χ4v) is 1.32. The Kier molecular flexibility index (Phi) is 6.22. The highest BCUT2D eigenvalue weighted by Gasteiger charge is 2.06. The Morgan fingerprint density at radius 2 is 2.06 bits per heavy atom. The molecule has 0 radical (unpaired) electrons. The average Bonchev–Trinajstić information content (AvgIpc) is 2.39. The van der Waals surface area contributed by atoms with Gasteiger partial charge in [-0.05, 0) is 30.7 Å². The number of benzene rings is 1. The van der Waals surface area contributed by atoms with Gasteiger partial charge in [-0.15, -0.1) is 11.6 Å². The molecule has 0 aliphatic rings. The minimum atomic E-state index is -0.315. The van der Waals surface area contributed by atoms with Gasteiger partial charge in [-0.3, -0.25) is 0 Å². The highest BCUT2D eigenvalue weighted by atomic mass is 35.5. The molecule has 0 atom stereocenters. The van der Waals surface area contributed by atoms with Gasteiger partial charge in [0, 0.05) is 0 Å². The summed E-state index contributed by atoms with van der Waals surface area (Å²) < 4.78 is 5.09. The summed E-state index contributed by atoms with van der Waals surface area (Å²) in [6.07, 6.45) is 1.87. The molecular formula is C13H17ClN2O2. The molecule has 1 aromatic rings. The van der Waals surface area contributed by atoms with Crippen LogP contribution < -0.4 is 5.73 Å². The minimum absolute atomic E-state index is 0.181. The van der Waals surface area contributed by atoms with Crippen molar-refractivity contribution in [3.05, 3.63) is 29.8 Å². The standard InChI is InChI=1S/C13H17ClN2O2/c1-2-3-8-18-13(17)10-4-6-11(7-5-10)16-12(15)9-14/h4-7H,2-3,8-9H2,1H3,(H2,15,16). The van der Waals surface area contributed by atoms with Crippen LogP contribution in [0.5, 0.6) is 0 Å². The summed E-state index contributed by atoms with van der Waals surface area (Å²) in [7, 11) is 0. The molecule has 0 bridgehead atoms. The Labute approximate surface area is 112 Å². The van der Waals surface area contributed by atoms with Gasteiger partial charge < -0.3 is 10.5 Å². The van der Waals surface area contributed by atoms with Crippen LogP contribution >= 0.6 is 11.6 Å². The molecule has 4 nitrogen and oxygen atoms in total. The number of nitrogens with two attached hydrogens (primary N) is 1. The lowest BCUT2D eigenvalue weighted by molar-refractivity contribution is 0.0500. The van der Waals surface area contributed by atoms with Crippen LogP contribution in [0.25, 0.3) is 0 Å². The van der Waals surface area contributed by atoms with E-state index in [0.29, 0.717) is 23.7 Å². The van der Waals surface area contributed by atoms with Gasteiger partial charge >= 0.3 is 5.97 Å². The number of halogens is 1. The number of ether oxygens (including phenoxy) is 1. The molecule has 0 aliphatic carbocycles. The molecule has 0 fully saturated rings. The molecule has 0 aromatic heterocycles. The number of hydrogen-bond donors (Lipinski definition) is 1. The second-order valence-corrected chi connectivity index (χ2v) is 4.04. The molecule has 5 heteroatoms. The number of nitrogens with zero attached hydrogens (tertiary/aromatic N) is 1. The molecule has 0 saturated heterocycles. The zero-order valence-corrected chi connectivity index (χ0v) is 11.1. The minimum Gasteiger partial charge on any atom is -0.462 e. The van der Waals surface area contributed by atoms with Crippen LogP contribution in [0.15, 0.2) is 29.3 Å². The van der Waals surface area contributed by atoms with Crippen LogP contribution in [-0.4, -0.2) is 24.3 Å². The Hall–Kier alpha value is -1.55. The van der Waals surface area contributed by atoms with Gasteiger partial charge in [0.2, 0.25) is 0 Å². The normalized spacial score (nSPS) is 11.3. The van der Waals surface area contributed by atoms with Crippen molar-refractivity contribution >= 4 is 29.1 Å². The Bertz CT molecular complexity index is 416. The van der Waals surface area contributed by atoms with Crippen molar-refractivity contribution in [3.8, 4) is 0 Å². The van der Waals surface area contributed by atoms with E-state index in [-0.39, 0.29) is 11.8 Å². The van der Waals surface area contributed by atoms with E-state index in [4.69, 9.17) is 22.1 Å². The molecule has 1 rings (SSSR count). The largest absolute Gasteiger partial charge is 0.462 e. The summed E-state index contributed by atoms with van der Waals surface area (Å²) in [5.74, 6) is 0.208. The van der Waals surface area contributed by atoms with Crippen LogP contribution in [0.1, 0.15) is 30.1 Å². The Morgan fingerprint density at radius 3 is 2.61 bits per heavy atom.